The molecule has 1 N–H and O–H groups in total. The summed E-state index contributed by atoms with van der Waals surface area (Å²) in [4.78, 5) is 0. The van der Waals surface area contributed by atoms with E-state index in [1.54, 1.807) is 13.8 Å². The molecule has 2 nitrogen and oxygen atoms in total. The van der Waals surface area contributed by atoms with Crippen LogP contribution in [0.2, 0.25) is 0 Å². The summed E-state index contributed by atoms with van der Waals surface area (Å²) in [5, 5.41) is 9.83. The molecule has 0 aliphatic carbocycles. The predicted octanol–water partition coefficient (Wildman–Crippen LogP) is 2.07. The third-order valence-corrected chi connectivity index (χ3v) is 2.68. The van der Waals surface area contributed by atoms with Crippen LogP contribution in [0.15, 0.2) is 18.2 Å². The molecule has 1 atom stereocenters. The van der Waals surface area contributed by atoms with Crippen LogP contribution in [0.25, 0.3) is 0 Å². The summed E-state index contributed by atoms with van der Waals surface area (Å²) in [7, 11) is 0. The van der Waals surface area contributed by atoms with Crippen molar-refractivity contribution in [3.63, 3.8) is 0 Å². The monoisotopic (exact) mass is 192 g/mol. The molecule has 0 amide bonds. The zero-order valence-electron chi connectivity index (χ0n) is 8.87. The van der Waals surface area contributed by atoms with Crippen LogP contribution in [-0.2, 0) is 6.42 Å². The maximum absolute atomic E-state index is 9.83. The molecule has 0 radical (unpaired) electrons. The van der Waals surface area contributed by atoms with E-state index in [9.17, 15) is 5.11 Å². The van der Waals surface area contributed by atoms with Crippen LogP contribution in [0, 0.1) is 6.92 Å². The van der Waals surface area contributed by atoms with Crippen LogP contribution in [0.1, 0.15) is 25.0 Å². The highest BCUT2D eigenvalue weighted by Crippen LogP contribution is 2.33. The van der Waals surface area contributed by atoms with E-state index in [1.165, 1.54) is 11.1 Å². The normalized spacial score (nSPS) is 20.4. The van der Waals surface area contributed by atoms with Gasteiger partial charge in [-0.3, -0.25) is 0 Å². The molecule has 0 bridgehead atoms. The van der Waals surface area contributed by atoms with Crippen LogP contribution >= 0.6 is 0 Å². The van der Waals surface area contributed by atoms with Gasteiger partial charge in [0.15, 0.2) is 0 Å². The van der Waals surface area contributed by atoms with Crippen molar-refractivity contribution in [1.82, 2.24) is 0 Å². The van der Waals surface area contributed by atoms with Gasteiger partial charge in [0.25, 0.3) is 0 Å². The van der Waals surface area contributed by atoms with Crippen LogP contribution in [0.5, 0.6) is 5.75 Å². The van der Waals surface area contributed by atoms with Crippen molar-refractivity contribution < 1.29 is 9.84 Å². The minimum Gasteiger partial charge on any atom is -0.487 e. The summed E-state index contributed by atoms with van der Waals surface area (Å²) in [6.45, 7) is 5.64. The van der Waals surface area contributed by atoms with Gasteiger partial charge in [0.2, 0.25) is 0 Å². The van der Waals surface area contributed by atoms with Crippen LogP contribution < -0.4 is 4.74 Å². The van der Waals surface area contributed by atoms with Crippen molar-refractivity contribution >= 4 is 0 Å². The number of hydrogen-bond acceptors (Lipinski definition) is 2. The molecule has 2 rings (SSSR count). The second-order valence-electron chi connectivity index (χ2n) is 4.58. The number of aliphatic hydroxyl groups is 1. The number of fused-ring (bicyclic) bond motifs is 1. The Morgan fingerprint density at radius 2 is 2.14 bits per heavy atom. The molecule has 1 unspecified atom stereocenters. The van der Waals surface area contributed by atoms with E-state index in [0.29, 0.717) is 0 Å². The summed E-state index contributed by atoms with van der Waals surface area (Å²) < 4.78 is 5.68. The summed E-state index contributed by atoms with van der Waals surface area (Å²) in [5.41, 5.74) is 1.67. The predicted molar refractivity (Wildman–Crippen MR) is 55.6 cm³/mol. The molecule has 0 spiro atoms. The topological polar surface area (TPSA) is 29.5 Å². The summed E-state index contributed by atoms with van der Waals surface area (Å²) in [5.74, 6) is 0.919. The molecule has 1 aromatic rings. The Bertz CT molecular complexity index is 350. The van der Waals surface area contributed by atoms with E-state index in [2.05, 4.69) is 13.0 Å². The first-order valence-electron chi connectivity index (χ1n) is 4.95. The lowest BCUT2D eigenvalue weighted by Crippen LogP contribution is -2.39. The molecular weight excluding hydrogens is 176 g/mol. The van der Waals surface area contributed by atoms with Gasteiger partial charge >= 0.3 is 0 Å². The molecular formula is C12H16O2. The smallest absolute Gasteiger partial charge is 0.131 e. The van der Waals surface area contributed by atoms with E-state index in [1.807, 2.05) is 12.1 Å². The third-order valence-electron chi connectivity index (χ3n) is 2.68. The van der Waals surface area contributed by atoms with Gasteiger partial charge in [-0.15, -0.1) is 0 Å². The summed E-state index contributed by atoms with van der Waals surface area (Å²) in [6, 6.07) is 6.14. The highest BCUT2D eigenvalue weighted by Gasteiger charge is 2.34. The lowest BCUT2D eigenvalue weighted by atomic mass is 9.97. The molecule has 1 aliphatic heterocycles. The maximum atomic E-state index is 9.83. The molecule has 14 heavy (non-hydrogen) atoms. The molecule has 1 heterocycles. The first kappa shape index (κ1) is 9.53. The van der Waals surface area contributed by atoms with Gasteiger partial charge in [0.1, 0.15) is 11.9 Å². The highest BCUT2D eigenvalue weighted by atomic mass is 16.5. The summed E-state index contributed by atoms with van der Waals surface area (Å²) >= 11 is 0. The Morgan fingerprint density at radius 1 is 1.43 bits per heavy atom. The zero-order valence-corrected chi connectivity index (χ0v) is 8.87. The Morgan fingerprint density at radius 3 is 2.79 bits per heavy atom. The van der Waals surface area contributed by atoms with Gasteiger partial charge in [-0.2, -0.15) is 0 Å². The third kappa shape index (κ3) is 1.62. The Labute approximate surface area is 84.5 Å². The SMILES string of the molecule is Cc1ccc2c(c1)CC(C(C)(C)O)O2. The molecule has 0 saturated carbocycles. The van der Waals surface area contributed by atoms with E-state index < -0.39 is 5.60 Å². The van der Waals surface area contributed by atoms with Gasteiger partial charge < -0.3 is 9.84 Å². The van der Waals surface area contributed by atoms with Crippen LogP contribution in [0.4, 0.5) is 0 Å². The van der Waals surface area contributed by atoms with Gasteiger partial charge in [0, 0.05) is 6.42 Å². The van der Waals surface area contributed by atoms with Crippen molar-refractivity contribution in [1.29, 1.82) is 0 Å². The fraction of sp³-hybridized carbons (Fsp3) is 0.500. The molecule has 0 aromatic heterocycles. The van der Waals surface area contributed by atoms with Gasteiger partial charge in [-0.1, -0.05) is 17.7 Å². The van der Waals surface area contributed by atoms with Crippen LogP contribution in [0.3, 0.4) is 0 Å². The molecule has 0 saturated heterocycles. The van der Waals surface area contributed by atoms with Crippen molar-refractivity contribution in [2.75, 3.05) is 0 Å². The number of hydrogen-bond donors (Lipinski definition) is 1. The van der Waals surface area contributed by atoms with E-state index >= 15 is 0 Å². The molecule has 1 aromatic carbocycles. The van der Waals surface area contributed by atoms with Crippen molar-refractivity contribution in [2.24, 2.45) is 0 Å². The summed E-state index contributed by atoms with van der Waals surface area (Å²) in [6.07, 6.45) is 0.694. The van der Waals surface area contributed by atoms with Gasteiger partial charge in [0.05, 0.1) is 5.60 Å². The maximum Gasteiger partial charge on any atom is 0.131 e. The second kappa shape index (κ2) is 2.99. The Kier molecular flexibility index (Phi) is 2.04. The zero-order chi connectivity index (χ0) is 10.3. The molecule has 76 valence electrons. The van der Waals surface area contributed by atoms with Crippen molar-refractivity contribution in [3.8, 4) is 5.75 Å². The van der Waals surface area contributed by atoms with Gasteiger partial charge in [-0.25, -0.2) is 0 Å². The van der Waals surface area contributed by atoms with E-state index in [4.69, 9.17) is 4.74 Å². The van der Waals surface area contributed by atoms with E-state index in [0.717, 1.165) is 12.2 Å². The number of ether oxygens (including phenoxy) is 1. The first-order valence-corrected chi connectivity index (χ1v) is 4.95. The molecule has 1 aliphatic rings. The average molecular weight is 192 g/mol. The minimum atomic E-state index is -0.771. The Hall–Kier alpha value is -1.02. The standard InChI is InChI=1S/C12H16O2/c1-8-4-5-10-9(6-8)7-11(14-10)12(2,3)13/h4-6,11,13H,7H2,1-3H3. The number of aryl methyl sites for hydroxylation is 1. The van der Waals surface area contributed by atoms with E-state index in [-0.39, 0.29) is 6.10 Å². The lowest BCUT2D eigenvalue weighted by Gasteiger charge is -2.24. The average Bonchev–Trinajstić information content (AvgIpc) is 2.45. The second-order valence-corrected chi connectivity index (χ2v) is 4.58. The quantitative estimate of drug-likeness (QED) is 0.738. The molecule has 2 heteroatoms. The lowest BCUT2D eigenvalue weighted by molar-refractivity contribution is -0.0229. The molecule has 0 fully saturated rings. The fourth-order valence-electron chi connectivity index (χ4n) is 1.77. The Balaban J connectivity index is 2.26. The number of rotatable bonds is 1. The number of benzene rings is 1. The van der Waals surface area contributed by atoms with Gasteiger partial charge in [-0.05, 0) is 32.4 Å². The fourth-order valence-corrected chi connectivity index (χ4v) is 1.77. The highest BCUT2D eigenvalue weighted by molar-refractivity contribution is 5.40. The minimum absolute atomic E-state index is 0.112. The van der Waals surface area contributed by atoms with Crippen molar-refractivity contribution in [2.45, 2.75) is 38.9 Å². The first-order chi connectivity index (χ1) is 6.47. The van der Waals surface area contributed by atoms with Crippen molar-refractivity contribution in [3.05, 3.63) is 29.3 Å². The van der Waals surface area contributed by atoms with Crippen LogP contribution in [-0.4, -0.2) is 16.8 Å². The largest absolute Gasteiger partial charge is 0.487 e.